The van der Waals surface area contributed by atoms with Crippen LogP contribution in [0.1, 0.15) is 33.1 Å². The van der Waals surface area contributed by atoms with Crippen molar-refractivity contribution in [2.75, 3.05) is 45.6 Å². The number of hydrogen-bond donors (Lipinski definition) is 1. The molecular weight excluding hydrogens is 318 g/mol. The number of nitrogens with one attached hydrogen (secondary N) is 1. The van der Waals surface area contributed by atoms with E-state index in [0.29, 0.717) is 32.7 Å². The highest BCUT2D eigenvalue weighted by atomic mass is 32.2. The molecule has 2 rings (SSSR count). The second-order valence-electron chi connectivity index (χ2n) is 7.01. The van der Waals surface area contributed by atoms with Gasteiger partial charge >= 0.3 is 0 Å². The first-order valence-corrected chi connectivity index (χ1v) is 10.1. The maximum Gasteiger partial charge on any atom is 0.238 e. The minimum atomic E-state index is -3.35. The third kappa shape index (κ3) is 4.89. The summed E-state index contributed by atoms with van der Waals surface area (Å²) in [6.45, 7) is 8.23. The molecule has 0 aromatic carbocycles. The van der Waals surface area contributed by atoms with E-state index in [1.807, 2.05) is 0 Å². The average Bonchev–Trinajstić information content (AvgIpc) is 2.53. The summed E-state index contributed by atoms with van der Waals surface area (Å²) in [5, 5.41) is 2.96. The molecule has 23 heavy (non-hydrogen) atoms. The van der Waals surface area contributed by atoms with Crippen LogP contribution in [-0.2, 0) is 19.6 Å². The number of nitrogens with zero attached hydrogens (tertiary/aromatic N) is 2. The van der Waals surface area contributed by atoms with Gasteiger partial charge in [0, 0.05) is 31.7 Å². The largest absolute Gasteiger partial charge is 0.379 e. The summed E-state index contributed by atoms with van der Waals surface area (Å²) in [4.78, 5) is 14.8. The SMILES string of the molecule is CC(C)(CNC(=O)[C@H]1CCCCN1S(C)(=O)=O)N1CCOCC1. The van der Waals surface area contributed by atoms with Gasteiger partial charge in [0.05, 0.1) is 19.5 Å². The molecule has 2 aliphatic rings. The van der Waals surface area contributed by atoms with Gasteiger partial charge in [-0.25, -0.2) is 8.42 Å². The summed E-state index contributed by atoms with van der Waals surface area (Å²) < 4.78 is 30.5. The average molecular weight is 347 g/mol. The van der Waals surface area contributed by atoms with Crippen molar-refractivity contribution >= 4 is 15.9 Å². The molecule has 1 amide bonds. The normalized spacial score (nSPS) is 25.3. The van der Waals surface area contributed by atoms with E-state index in [0.717, 1.165) is 25.9 Å². The van der Waals surface area contributed by atoms with Crippen molar-refractivity contribution in [3.8, 4) is 0 Å². The number of sulfonamides is 1. The molecule has 0 radical (unpaired) electrons. The zero-order valence-corrected chi connectivity index (χ0v) is 15.2. The van der Waals surface area contributed by atoms with Crippen LogP contribution in [0.2, 0.25) is 0 Å². The van der Waals surface area contributed by atoms with Gasteiger partial charge in [-0.1, -0.05) is 6.42 Å². The molecule has 0 aliphatic carbocycles. The first-order chi connectivity index (χ1) is 10.7. The minimum Gasteiger partial charge on any atom is -0.379 e. The summed E-state index contributed by atoms with van der Waals surface area (Å²) in [6, 6.07) is -0.570. The van der Waals surface area contributed by atoms with E-state index in [1.165, 1.54) is 10.6 Å². The molecule has 0 spiro atoms. The van der Waals surface area contributed by atoms with Crippen molar-refractivity contribution in [3.63, 3.8) is 0 Å². The van der Waals surface area contributed by atoms with Gasteiger partial charge in [0.25, 0.3) is 0 Å². The molecular formula is C15H29N3O4S. The highest BCUT2D eigenvalue weighted by Crippen LogP contribution is 2.21. The summed E-state index contributed by atoms with van der Waals surface area (Å²) in [7, 11) is -3.35. The molecule has 0 bridgehead atoms. The molecule has 8 heteroatoms. The van der Waals surface area contributed by atoms with E-state index in [9.17, 15) is 13.2 Å². The van der Waals surface area contributed by atoms with E-state index in [1.54, 1.807) is 0 Å². The fraction of sp³-hybridized carbons (Fsp3) is 0.933. The Hall–Kier alpha value is -0.700. The minimum absolute atomic E-state index is 0.177. The molecule has 2 aliphatic heterocycles. The third-order valence-electron chi connectivity index (χ3n) is 4.74. The van der Waals surface area contributed by atoms with Gasteiger partial charge in [0.1, 0.15) is 6.04 Å². The number of piperidine rings is 1. The smallest absolute Gasteiger partial charge is 0.238 e. The molecule has 7 nitrogen and oxygen atoms in total. The van der Waals surface area contributed by atoms with Gasteiger partial charge in [-0.05, 0) is 26.7 Å². The number of rotatable bonds is 5. The Morgan fingerprint density at radius 1 is 1.22 bits per heavy atom. The predicted molar refractivity (Wildman–Crippen MR) is 88.7 cm³/mol. The molecule has 2 saturated heterocycles. The lowest BCUT2D eigenvalue weighted by atomic mass is 10.0. The number of carbonyl (C=O) groups excluding carboxylic acids is 1. The zero-order chi connectivity index (χ0) is 17.1. The molecule has 0 aromatic rings. The molecule has 2 fully saturated rings. The fourth-order valence-electron chi connectivity index (χ4n) is 3.27. The molecule has 1 N–H and O–H groups in total. The first-order valence-electron chi connectivity index (χ1n) is 8.29. The van der Waals surface area contributed by atoms with Crippen LogP contribution >= 0.6 is 0 Å². The molecule has 0 unspecified atom stereocenters. The van der Waals surface area contributed by atoms with Crippen LogP contribution in [0, 0.1) is 0 Å². The molecule has 2 heterocycles. The van der Waals surface area contributed by atoms with Crippen LogP contribution in [0.25, 0.3) is 0 Å². The van der Waals surface area contributed by atoms with Gasteiger partial charge in [0.15, 0.2) is 0 Å². The lowest BCUT2D eigenvalue weighted by Crippen LogP contribution is -2.58. The van der Waals surface area contributed by atoms with E-state index in [4.69, 9.17) is 4.74 Å². The van der Waals surface area contributed by atoms with Crippen LogP contribution in [0.5, 0.6) is 0 Å². The number of ether oxygens (including phenoxy) is 1. The highest BCUT2D eigenvalue weighted by Gasteiger charge is 2.36. The number of amides is 1. The fourth-order valence-corrected chi connectivity index (χ4v) is 4.39. The Morgan fingerprint density at radius 3 is 2.48 bits per heavy atom. The van der Waals surface area contributed by atoms with E-state index in [-0.39, 0.29) is 11.4 Å². The maximum absolute atomic E-state index is 12.5. The van der Waals surface area contributed by atoms with Gasteiger partial charge in [-0.15, -0.1) is 0 Å². The molecule has 0 aromatic heterocycles. The van der Waals surface area contributed by atoms with Crippen LogP contribution in [0.3, 0.4) is 0 Å². The van der Waals surface area contributed by atoms with E-state index < -0.39 is 16.1 Å². The van der Waals surface area contributed by atoms with Crippen molar-refractivity contribution in [3.05, 3.63) is 0 Å². The monoisotopic (exact) mass is 347 g/mol. The Bertz CT molecular complexity index is 515. The lowest BCUT2D eigenvalue weighted by Gasteiger charge is -2.41. The van der Waals surface area contributed by atoms with E-state index in [2.05, 4.69) is 24.1 Å². The van der Waals surface area contributed by atoms with Crippen molar-refractivity contribution < 1.29 is 17.9 Å². The van der Waals surface area contributed by atoms with Crippen molar-refractivity contribution in [2.24, 2.45) is 0 Å². The number of morpholine rings is 1. The van der Waals surface area contributed by atoms with Crippen molar-refractivity contribution in [2.45, 2.75) is 44.7 Å². The topological polar surface area (TPSA) is 79.0 Å². The second kappa shape index (κ2) is 7.46. The Kier molecular flexibility index (Phi) is 6.05. The predicted octanol–water partition coefficient (Wildman–Crippen LogP) is 0.0275. The Morgan fingerprint density at radius 2 is 1.87 bits per heavy atom. The van der Waals surface area contributed by atoms with Gasteiger partial charge in [-0.3, -0.25) is 9.69 Å². The van der Waals surface area contributed by atoms with Crippen molar-refractivity contribution in [1.29, 1.82) is 0 Å². The van der Waals surface area contributed by atoms with Crippen LogP contribution < -0.4 is 5.32 Å². The van der Waals surface area contributed by atoms with Crippen LogP contribution in [0.4, 0.5) is 0 Å². The molecule has 1 atom stereocenters. The molecule has 134 valence electrons. The van der Waals surface area contributed by atoms with Crippen LogP contribution in [-0.4, -0.2) is 80.8 Å². The molecule has 0 saturated carbocycles. The Labute approximate surface area is 139 Å². The quantitative estimate of drug-likeness (QED) is 0.759. The maximum atomic E-state index is 12.5. The zero-order valence-electron chi connectivity index (χ0n) is 14.4. The van der Waals surface area contributed by atoms with Gasteiger partial charge in [-0.2, -0.15) is 4.31 Å². The van der Waals surface area contributed by atoms with Crippen LogP contribution in [0.15, 0.2) is 0 Å². The van der Waals surface area contributed by atoms with Gasteiger partial charge in [0.2, 0.25) is 15.9 Å². The number of hydrogen-bond acceptors (Lipinski definition) is 5. The first kappa shape index (κ1) is 18.6. The number of carbonyl (C=O) groups is 1. The third-order valence-corrected chi connectivity index (χ3v) is 6.03. The summed E-state index contributed by atoms with van der Waals surface area (Å²) in [6.07, 6.45) is 3.47. The highest BCUT2D eigenvalue weighted by molar-refractivity contribution is 7.88. The lowest BCUT2D eigenvalue weighted by molar-refractivity contribution is -0.126. The van der Waals surface area contributed by atoms with Crippen molar-refractivity contribution in [1.82, 2.24) is 14.5 Å². The summed E-state index contributed by atoms with van der Waals surface area (Å²) >= 11 is 0. The Balaban J connectivity index is 1.94. The van der Waals surface area contributed by atoms with E-state index >= 15 is 0 Å². The second-order valence-corrected chi connectivity index (χ2v) is 8.95. The standard InChI is InChI=1S/C15H29N3O4S/c1-15(2,17-8-10-22-11-9-17)12-16-14(19)13-6-4-5-7-18(13)23(3,20)21/h13H,4-12H2,1-3H3,(H,16,19)/t13-/m1/s1. The summed E-state index contributed by atoms with van der Waals surface area (Å²) in [5.74, 6) is -0.184. The summed E-state index contributed by atoms with van der Waals surface area (Å²) in [5.41, 5.74) is -0.177. The van der Waals surface area contributed by atoms with Gasteiger partial charge < -0.3 is 10.1 Å².